The van der Waals surface area contributed by atoms with Gasteiger partial charge in [-0.15, -0.1) is 11.3 Å². The predicted molar refractivity (Wildman–Crippen MR) is 91.0 cm³/mol. The summed E-state index contributed by atoms with van der Waals surface area (Å²) >= 11 is 8.73. The Hall–Kier alpha value is -0.230. The van der Waals surface area contributed by atoms with Gasteiger partial charge in [0.2, 0.25) is 0 Å². The molecular formula is C15H16Br2FNS. The molecule has 0 spiro atoms. The van der Waals surface area contributed by atoms with Crippen LogP contribution in [0.5, 0.6) is 0 Å². The number of nitrogens with one attached hydrogen (secondary N) is 1. The second kappa shape index (κ2) is 7.16. The standard InChI is InChI=1S/C15H16Br2FNS/c1-3-6-19-14(11-8-13(16)20-15(11)17)10-5-4-9(2)12(18)7-10/h4-5,7-8,14,19H,3,6H2,1-2H3. The van der Waals surface area contributed by atoms with Gasteiger partial charge in [-0.3, -0.25) is 0 Å². The maximum atomic E-state index is 13.8. The molecule has 5 heteroatoms. The fourth-order valence-corrected chi connectivity index (χ4v) is 4.94. The van der Waals surface area contributed by atoms with Gasteiger partial charge in [-0.2, -0.15) is 0 Å². The Morgan fingerprint density at radius 1 is 1.30 bits per heavy atom. The van der Waals surface area contributed by atoms with E-state index in [4.69, 9.17) is 0 Å². The molecule has 108 valence electrons. The van der Waals surface area contributed by atoms with Gasteiger partial charge in [0, 0.05) is 0 Å². The second-order valence-electron chi connectivity index (χ2n) is 4.68. The van der Waals surface area contributed by atoms with Crippen LogP contribution in [-0.4, -0.2) is 6.54 Å². The highest BCUT2D eigenvalue weighted by atomic mass is 79.9. The van der Waals surface area contributed by atoms with Crippen molar-refractivity contribution in [1.82, 2.24) is 5.32 Å². The molecule has 0 bridgehead atoms. The minimum atomic E-state index is -0.156. The number of benzene rings is 1. The molecule has 1 heterocycles. The van der Waals surface area contributed by atoms with E-state index in [2.05, 4.69) is 50.2 Å². The van der Waals surface area contributed by atoms with Gasteiger partial charge in [-0.25, -0.2) is 4.39 Å². The zero-order valence-corrected chi connectivity index (χ0v) is 15.3. The van der Waals surface area contributed by atoms with E-state index in [9.17, 15) is 4.39 Å². The molecule has 0 aliphatic heterocycles. The maximum Gasteiger partial charge on any atom is 0.126 e. The van der Waals surface area contributed by atoms with Gasteiger partial charge in [-0.05, 0) is 80.6 Å². The predicted octanol–water partition coefficient (Wildman–Crippen LogP) is 5.81. The maximum absolute atomic E-state index is 13.8. The molecule has 2 rings (SSSR count). The van der Waals surface area contributed by atoms with Crippen LogP contribution < -0.4 is 5.32 Å². The molecule has 0 fully saturated rings. The summed E-state index contributed by atoms with van der Waals surface area (Å²) in [6, 6.07) is 7.53. The summed E-state index contributed by atoms with van der Waals surface area (Å²) in [5.41, 5.74) is 2.76. The fourth-order valence-electron chi connectivity index (χ4n) is 2.03. The third-order valence-corrected chi connectivity index (χ3v) is 5.51. The smallest absolute Gasteiger partial charge is 0.126 e. The highest BCUT2D eigenvalue weighted by Crippen LogP contribution is 2.38. The van der Waals surface area contributed by atoms with Crippen molar-refractivity contribution in [2.45, 2.75) is 26.3 Å². The Morgan fingerprint density at radius 3 is 2.60 bits per heavy atom. The summed E-state index contributed by atoms with van der Waals surface area (Å²) in [7, 11) is 0. The molecule has 1 aromatic heterocycles. The Bertz CT molecular complexity index is 598. The highest BCUT2D eigenvalue weighted by Gasteiger charge is 2.19. The first-order valence-electron chi connectivity index (χ1n) is 6.47. The van der Waals surface area contributed by atoms with Crippen molar-refractivity contribution in [1.29, 1.82) is 0 Å². The summed E-state index contributed by atoms with van der Waals surface area (Å²) in [6.07, 6.45) is 1.04. The molecule has 1 nitrogen and oxygen atoms in total. The number of hydrogen-bond donors (Lipinski definition) is 1. The second-order valence-corrected chi connectivity index (χ2v) is 8.42. The quantitative estimate of drug-likeness (QED) is 0.643. The van der Waals surface area contributed by atoms with E-state index in [1.807, 2.05) is 12.1 Å². The Morgan fingerprint density at radius 2 is 2.05 bits per heavy atom. The Labute approximate surface area is 139 Å². The first kappa shape index (κ1) is 16.1. The van der Waals surface area contributed by atoms with E-state index in [1.165, 1.54) is 0 Å². The molecule has 1 atom stereocenters. The molecule has 1 N–H and O–H groups in total. The molecule has 20 heavy (non-hydrogen) atoms. The van der Waals surface area contributed by atoms with E-state index >= 15 is 0 Å². The summed E-state index contributed by atoms with van der Waals surface area (Å²) in [4.78, 5) is 0. The molecule has 0 radical (unpaired) electrons. The molecule has 0 aliphatic carbocycles. The van der Waals surface area contributed by atoms with Gasteiger partial charge in [0.25, 0.3) is 0 Å². The summed E-state index contributed by atoms with van der Waals surface area (Å²) in [5.74, 6) is -0.156. The van der Waals surface area contributed by atoms with Gasteiger partial charge >= 0.3 is 0 Å². The van der Waals surface area contributed by atoms with Crippen LogP contribution >= 0.6 is 43.2 Å². The lowest BCUT2D eigenvalue weighted by atomic mass is 9.99. The number of halogens is 3. The fraction of sp³-hybridized carbons (Fsp3) is 0.333. The lowest BCUT2D eigenvalue weighted by molar-refractivity contribution is 0.582. The topological polar surface area (TPSA) is 12.0 Å². The zero-order valence-electron chi connectivity index (χ0n) is 11.3. The molecule has 2 aromatic rings. The van der Waals surface area contributed by atoms with Crippen LogP contribution in [0.3, 0.4) is 0 Å². The number of hydrogen-bond acceptors (Lipinski definition) is 2. The first-order chi connectivity index (χ1) is 9.52. The van der Waals surface area contributed by atoms with Crippen molar-refractivity contribution in [2.24, 2.45) is 0 Å². The normalized spacial score (nSPS) is 12.7. The average Bonchev–Trinajstić information content (AvgIpc) is 2.73. The molecule has 0 saturated heterocycles. The molecule has 1 aromatic carbocycles. The minimum Gasteiger partial charge on any atom is -0.306 e. The van der Waals surface area contributed by atoms with Crippen LogP contribution in [0, 0.1) is 12.7 Å². The van der Waals surface area contributed by atoms with Crippen molar-refractivity contribution in [3.8, 4) is 0 Å². The van der Waals surface area contributed by atoms with Crippen LogP contribution in [-0.2, 0) is 0 Å². The number of rotatable bonds is 5. The number of aryl methyl sites for hydroxylation is 1. The van der Waals surface area contributed by atoms with E-state index in [1.54, 1.807) is 24.3 Å². The monoisotopic (exact) mass is 419 g/mol. The van der Waals surface area contributed by atoms with Gasteiger partial charge in [0.1, 0.15) is 5.82 Å². The third kappa shape index (κ3) is 3.70. The van der Waals surface area contributed by atoms with E-state index in [0.717, 1.165) is 31.7 Å². The van der Waals surface area contributed by atoms with Gasteiger partial charge < -0.3 is 5.32 Å². The van der Waals surface area contributed by atoms with Crippen LogP contribution in [0.4, 0.5) is 4.39 Å². The van der Waals surface area contributed by atoms with Gasteiger partial charge in [0.05, 0.1) is 13.6 Å². The highest BCUT2D eigenvalue weighted by molar-refractivity contribution is 9.12. The van der Waals surface area contributed by atoms with E-state index in [-0.39, 0.29) is 11.9 Å². The largest absolute Gasteiger partial charge is 0.306 e. The van der Waals surface area contributed by atoms with E-state index in [0.29, 0.717) is 5.56 Å². The first-order valence-corrected chi connectivity index (χ1v) is 8.87. The van der Waals surface area contributed by atoms with Crippen molar-refractivity contribution in [3.63, 3.8) is 0 Å². The van der Waals surface area contributed by atoms with Gasteiger partial charge in [-0.1, -0.05) is 19.1 Å². The molecule has 0 aliphatic rings. The van der Waals surface area contributed by atoms with Crippen LogP contribution in [0.1, 0.15) is 36.1 Å². The van der Waals surface area contributed by atoms with Gasteiger partial charge in [0.15, 0.2) is 0 Å². The van der Waals surface area contributed by atoms with Crippen LogP contribution in [0.25, 0.3) is 0 Å². The van der Waals surface area contributed by atoms with Crippen molar-refractivity contribution < 1.29 is 4.39 Å². The van der Waals surface area contributed by atoms with Crippen LogP contribution in [0.2, 0.25) is 0 Å². The van der Waals surface area contributed by atoms with Crippen molar-refractivity contribution in [2.75, 3.05) is 6.54 Å². The molecular weight excluding hydrogens is 405 g/mol. The Balaban J connectivity index is 2.41. The molecule has 1 unspecified atom stereocenters. The molecule has 0 amide bonds. The summed E-state index contributed by atoms with van der Waals surface area (Å²) in [5, 5.41) is 3.49. The summed E-state index contributed by atoms with van der Waals surface area (Å²) < 4.78 is 16.0. The average molecular weight is 421 g/mol. The zero-order chi connectivity index (χ0) is 14.7. The summed E-state index contributed by atoms with van der Waals surface area (Å²) in [6.45, 7) is 4.79. The third-order valence-electron chi connectivity index (χ3n) is 3.12. The van der Waals surface area contributed by atoms with Crippen LogP contribution in [0.15, 0.2) is 31.8 Å². The Kier molecular flexibility index (Phi) is 5.78. The SMILES string of the molecule is CCCNC(c1ccc(C)c(F)c1)c1cc(Br)sc1Br. The lowest BCUT2D eigenvalue weighted by Gasteiger charge is -2.19. The lowest BCUT2D eigenvalue weighted by Crippen LogP contribution is -2.23. The van der Waals surface area contributed by atoms with Crippen molar-refractivity contribution >= 4 is 43.2 Å². The molecule has 0 saturated carbocycles. The minimum absolute atomic E-state index is 0.00183. The van der Waals surface area contributed by atoms with Crippen molar-refractivity contribution in [3.05, 3.63) is 54.3 Å². The number of thiophene rings is 1. The van der Waals surface area contributed by atoms with E-state index < -0.39 is 0 Å².